The first-order valence-corrected chi connectivity index (χ1v) is 6.42. The van der Waals surface area contributed by atoms with E-state index in [1.807, 2.05) is 24.3 Å². The van der Waals surface area contributed by atoms with Crippen LogP contribution in [-0.2, 0) is 9.59 Å². The predicted molar refractivity (Wildman–Crippen MR) is 87.6 cm³/mol. The topological polar surface area (TPSA) is 58.9 Å². The first-order chi connectivity index (χ1) is 10.7. The van der Waals surface area contributed by atoms with E-state index >= 15 is 0 Å². The summed E-state index contributed by atoms with van der Waals surface area (Å²) in [6.45, 7) is 7.43. The van der Waals surface area contributed by atoms with E-state index in [1.165, 1.54) is 12.2 Å². The average Bonchev–Trinajstić information content (AvgIpc) is 2.56. The van der Waals surface area contributed by atoms with Crippen LogP contribution in [0, 0.1) is 0 Å². The number of hydrogen-bond donors (Lipinski definition) is 0. The summed E-state index contributed by atoms with van der Waals surface area (Å²) in [5.74, 6) is 0. The van der Waals surface area contributed by atoms with Crippen molar-refractivity contribution in [2.24, 2.45) is 9.98 Å². The van der Waals surface area contributed by atoms with Gasteiger partial charge in [-0.05, 0) is 35.4 Å². The SMILES string of the molecule is C=Cc1cc(-c2ccc(N=C=O)c(C=C)c2)ccc1N=C=O. The summed E-state index contributed by atoms with van der Waals surface area (Å²) in [6, 6.07) is 10.9. The van der Waals surface area contributed by atoms with Gasteiger partial charge < -0.3 is 0 Å². The molecule has 0 radical (unpaired) electrons. The Morgan fingerprint density at radius 3 is 1.50 bits per heavy atom. The second kappa shape index (κ2) is 6.91. The Hall–Kier alpha value is -3.32. The highest BCUT2D eigenvalue weighted by molar-refractivity contribution is 5.78. The number of rotatable bonds is 5. The van der Waals surface area contributed by atoms with Crippen LogP contribution < -0.4 is 0 Å². The van der Waals surface area contributed by atoms with E-state index in [9.17, 15) is 9.59 Å². The second-order valence-corrected chi connectivity index (χ2v) is 4.36. The molecule has 0 saturated carbocycles. The van der Waals surface area contributed by atoms with Gasteiger partial charge in [-0.25, -0.2) is 9.59 Å². The van der Waals surface area contributed by atoms with Crippen molar-refractivity contribution in [1.82, 2.24) is 0 Å². The molecule has 2 aromatic carbocycles. The Labute approximate surface area is 127 Å². The van der Waals surface area contributed by atoms with E-state index in [2.05, 4.69) is 23.1 Å². The van der Waals surface area contributed by atoms with Gasteiger partial charge in [0.05, 0.1) is 11.4 Å². The van der Waals surface area contributed by atoms with Gasteiger partial charge in [-0.15, -0.1) is 0 Å². The van der Waals surface area contributed by atoms with Gasteiger partial charge in [0, 0.05) is 11.1 Å². The molecule has 2 rings (SSSR count). The molecule has 0 amide bonds. The molecule has 0 bridgehead atoms. The summed E-state index contributed by atoms with van der Waals surface area (Å²) in [7, 11) is 0. The fraction of sp³-hybridized carbons (Fsp3) is 0. The molecule has 0 heterocycles. The summed E-state index contributed by atoms with van der Waals surface area (Å²) >= 11 is 0. The molecule has 0 aliphatic rings. The number of hydrogen-bond acceptors (Lipinski definition) is 4. The number of isocyanates is 2. The standard InChI is InChI=1S/C18H12N2O2/c1-3-13-9-15(5-7-17(13)19-11-21)16-6-8-18(20-12-22)14(4-2)10-16/h3-10H,1-2H2. The van der Waals surface area contributed by atoms with Crippen LogP contribution >= 0.6 is 0 Å². The maximum Gasteiger partial charge on any atom is 0.240 e. The fourth-order valence-corrected chi connectivity index (χ4v) is 2.10. The Morgan fingerprint density at radius 1 is 0.773 bits per heavy atom. The molecule has 4 heteroatoms. The van der Waals surface area contributed by atoms with Gasteiger partial charge in [0.25, 0.3) is 0 Å². The fourth-order valence-electron chi connectivity index (χ4n) is 2.10. The summed E-state index contributed by atoms with van der Waals surface area (Å²) in [6.07, 6.45) is 6.29. The van der Waals surface area contributed by atoms with Gasteiger partial charge in [-0.2, -0.15) is 9.98 Å². The van der Waals surface area contributed by atoms with E-state index in [0.717, 1.165) is 22.3 Å². The lowest BCUT2D eigenvalue weighted by Crippen LogP contribution is -1.83. The van der Waals surface area contributed by atoms with E-state index in [4.69, 9.17) is 0 Å². The summed E-state index contributed by atoms with van der Waals surface area (Å²) < 4.78 is 0. The van der Waals surface area contributed by atoms with E-state index in [-0.39, 0.29) is 0 Å². The largest absolute Gasteiger partial charge is 0.240 e. The van der Waals surface area contributed by atoms with Crippen LogP contribution in [0.3, 0.4) is 0 Å². The first kappa shape index (κ1) is 15.1. The van der Waals surface area contributed by atoms with Gasteiger partial charge in [0.2, 0.25) is 12.2 Å². The molecule has 0 spiro atoms. The van der Waals surface area contributed by atoms with Crippen molar-refractivity contribution in [2.75, 3.05) is 0 Å². The van der Waals surface area contributed by atoms with Gasteiger partial charge in [0.1, 0.15) is 0 Å². The van der Waals surface area contributed by atoms with Crippen LogP contribution in [-0.4, -0.2) is 12.2 Å². The molecule has 22 heavy (non-hydrogen) atoms. The van der Waals surface area contributed by atoms with Crippen molar-refractivity contribution >= 4 is 35.7 Å². The normalized spacial score (nSPS) is 9.27. The zero-order valence-electron chi connectivity index (χ0n) is 11.7. The van der Waals surface area contributed by atoms with Crippen molar-refractivity contribution in [3.8, 4) is 11.1 Å². The van der Waals surface area contributed by atoms with Crippen LogP contribution in [0.2, 0.25) is 0 Å². The molecule has 0 saturated heterocycles. The molecule has 0 fully saturated rings. The smallest absolute Gasteiger partial charge is 0.211 e. The van der Waals surface area contributed by atoms with Crippen molar-refractivity contribution in [1.29, 1.82) is 0 Å². The van der Waals surface area contributed by atoms with Gasteiger partial charge in [-0.1, -0.05) is 37.4 Å². The highest BCUT2D eigenvalue weighted by atomic mass is 16.1. The summed E-state index contributed by atoms with van der Waals surface area (Å²) in [5.41, 5.74) is 4.33. The third-order valence-electron chi connectivity index (χ3n) is 3.16. The van der Waals surface area contributed by atoms with Crippen LogP contribution in [0.5, 0.6) is 0 Å². The number of carbonyl (C=O) groups excluding carboxylic acids is 2. The van der Waals surface area contributed by atoms with Crippen LogP contribution in [0.15, 0.2) is 59.5 Å². The molecular formula is C18H12N2O2. The monoisotopic (exact) mass is 288 g/mol. The van der Waals surface area contributed by atoms with Crippen molar-refractivity contribution in [2.45, 2.75) is 0 Å². The lowest BCUT2D eigenvalue weighted by molar-refractivity contribution is 0.564. The van der Waals surface area contributed by atoms with Gasteiger partial charge in [0.15, 0.2) is 0 Å². The van der Waals surface area contributed by atoms with Crippen molar-refractivity contribution in [3.05, 3.63) is 60.7 Å². The number of nitrogens with zero attached hydrogens (tertiary/aromatic N) is 2. The van der Waals surface area contributed by atoms with Crippen molar-refractivity contribution in [3.63, 3.8) is 0 Å². The zero-order valence-corrected chi connectivity index (χ0v) is 11.7. The van der Waals surface area contributed by atoms with E-state index in [1.54, 1.807) is 24.3 Å². The third kappa shape index (κ3) is 3.05. The van der Waals surface area contributed by atoms with E-state index in [0.29, 0.717) is 11.4 Å². The maximum absolute atomic E-state index is 10.4. The molecular weight excluding hydrogens is 276 g/mol. The molecule has 0 aromatic heterocycles. The molecule has 0 atom stereocenters. The van der Waals surface area contributed by atoms with E-state index < -0.39 is 0 Å². The van der Waals surface area contributed by atoms with Crippen LogP contribution in [0.4, 0.5) is 11.4 Å². The highest BCUT2D eigenvalue weighted by Gasteiger charge is 2.05. The van der Waals surface area contributed by atoms with Crippen LogP contribution in [0.1, 0.15) is 11.1 Å². The lowest BCUT2D eigenvalue weighted by atomic mass is 9.99. The summed E-state index contributed by atoms with van der Waals surface area (Å²) in [5, 5.41) is 0. The van der Waals surface area contributed by atoms with Gasteiger partial charge >= 0.3 is 0 Å². The zero-order chi connectivity index (χ0) is 15.9. The molecule has 4 nitrogen and oxygen atoms in total. The average molecular weight is 288 g/mol. The molecule has 106 valence electrons. The molecule has 0 unspecified atom stereocenters. The third-order valence-corrected chi connectivity index (χ3v) is 3.16. The summed E-state index contributed by atoms with van der Waals surface area (Å²) in [4.78, 5) is 28.1. The first-order valence-electron chi connectivity index (χ1n) is 6.42. The second-order valence-electron chi connectivity index (χ2n) is 4.36. The van der Waals surface area contributed by atoms with Crippen LogP contribution in [0.25, 0.3) is 23.3 Å². The minimum Gasteiger partial charge on any atom is -0.211 e. The Bertz CT molecular complexity index is 769. The molecule has 0 aliphatic heterocycles. The Morgan fingerprint density at radius 2 is 1.18 bits per heavy atom. The quantitative estimate of drug-likeness (QED) is 0.597. The van der Waals surface area contributed by atoms with Crippen molar-refractivity contribution < 1.29 is 9.59 Å². The maximum atomic E-state index is 10.4. The van der Waals surface area contributed by atoms with Gasteiger partial charge in [-0.3, -0.25) is 0 Å². The Kier molecular flexibility index (Phi) is 4.74. The predicted octanol–water partition coefficient (Wildman–Crippen LogP) is 4.57. The molecule has 2 aromatic rings. The molecule has 0 N–H and O–H groups in total. The Balaban J connectivity index is 2.56. The minimum atomic E-state index is 0.514. The number of benzene rings is 2. The molecule has 0 aliphatic carbocycles. The lowest BCUT2D eigenvalue weighted by Gasteiger charge is -2.07. The minimum absolute atomic E-state index is 0.514. The number of aliphatic imine (C=N–C) groups is 2. The highest BCUT2D eigenvalue weighted by Crippen LogP contribution is 2.31.